The van der Waals surface area contributed by atoms with E-state index in [4.69, 9.17) is 0 Å². The SMILES string of the molecule is Cc1ccc(C2=NC=CCC2)cc1. The molecular formula is C12H13N. The molecule has 0 radical (unpaired) electrons. The number of benzene rings is 1. The summed E-state index contributed by atoms with van der Waals surface area (Å²) >= 11 is 0. The van der Waals surface area contributed by atoms with E-state index in [-0.39, 0.29) is 0 Å². The molecular weight excluding hydrogens is 158 g/mol. The van der Waals surface area contributed by atoms with Crippen molar-refractivity contribution in [2.75, 3.05) is 0 Å². The van der Waals surface area contributed by atoms with Gasteiger partial charge in [0, 0.05) is 11.9 Å². The highest BCUT2D eigenvalue weighted by atomic mass is 14.7. The zero-order valence-corrected chi connectivity index (χ0v) is 7.83. The lowest BCUT2D eigenvalue weighted by molar-refractivity contribution is 1.06. The normalized spacial score (nSPS) is 15.6. The van der Waals surface area contributed by atoms with Gasteiger partial charge in [-0.25, -0.2) is 0 Å². The van der Waals surface area contributed by atoms with Crippen molar-refractivity contribution < 1.29 is 0 Å². The first kappa shape index (κ1) is 8.24. The van der Waals surface area contributed by atoms with Crippen LogP contribution in [0.15, 0.2) is 41.5 Å². The second kappa shape index (κ2) is 3.56. The number of allylic oxidation sites excluding steroid dienone is 1. The van der Waals surface area contributed by atoms with Crippen molar-refractivity contribution in [3.63, 3.8) is 0 Å². The van der Waals surface area contributed by atoms with Crippen LogP contribution in [0.25, 0.3) is 0 Å². The summed E-state index contributed by atoms with van der Waals surface area (Å²) in [6.45, 7) is 2.10. The van der Waals surface area contributed by atoms with Crippen molar-refractivity contribution in [2.24, 2.45) is 4.99 Å². The molecule has 1 heteroatoms. The highest BCUT2D eigenvalue weighted by Gasteiger charge is 2.03. The van der Waals surface area contributed by atoms with Crippen molar-refractivity contribution in [2.45, 2.75) is 19.8 Å². The van der Waals surface area contributed by atoms with E-state index in [0.717, 1.165) is 12.8 Å². The molecule has 2 rings (SSSR count). The molecule has 66 valence electrons. The summed E-state index contributed by atoms with van der Waals surface area (Å²) in [5, 5.41) is 0. The summed E-state index contributed by atoms with van der Waals surface area (Å²) in [5.74, 6) is 0. The van der Waals surface area contributed by atoms with Gasteiger partial charge in [-0.1, -0.05) is 35.9 Å². The zero-order valence-electron chi connectivity index (χ0n) is 7.83. The van der Waals surface area contributed by atoms with Crippen molar-refractivity contribution >= 4 is 5.71 Å². The molecule has 1 aromatic carbocycles. The molecule has 1 heterocycles. The van der Waals surface area contributed by atoms with Crippen molar-refractivity contribution in [3.05, 3.63) is 47.7 Å². The summed E-state index contributed by atoms with van der Waals surface area (Å²) in [4.78, 5) is 4.37. The van der Waals surface area contributed by atoms with Crippen LogP contribution in [-0.4, -0.2) is 5.71 Å². The van der Waals surface area contributed by atoms with Crippen LogP contribution in [-0.2, 0) is 0 Å². The Bertz CT molecular complexity index is 344. The van der Waals surface area contributed by atoms with Gasteiger partial charge in [0.05, 0.1) is 0 Å². The third kappa shape index (κ3) is 1.86. The van der Waals surface area contributed by atoms with Crippen LogP contribution in [0.3, 0.4) is 0 Å². The van der Waals surface area contributed by atoms with Crippen LogP contribution in [0.1, 0.15) is 24.0 Å². The van der Waals surface area contributed by atoms with E-state index < -0.39 is 0 Å². The van der Waals surface area contributed by atoms with E-state index in [2.05, 4.69) is 42.3 Å². The Kier molecular flexibility index (Phi) is 2.26. The molecule has 0 amide bonds. The average Bonchev–Trinajstić information content (AvgIpc) is 2.20. The van der Waals surface area contributed by atoms with Crippen LogP contribution >= 0.6 is 0 Å². The summed E-state index contributed by atoms with van der Waals surface area (Å²) in [6, 6.07) is 8.56. The topological polar surface area (TPSA) is 12.4 Å². The Labute approximate surface area is 78.8 Å². The fourth-order valence-electron chi connectivity index (χ4n) is 1.47. The Morgan fingerprint density at radius 1 is 1.15 bits per heavy atom. The van der Waals surface area contributed by atoms with Gasteiger partial charge in [-0.15, -0.1) is 0 Å². The largest absolute Gasteiger partial charge is 0.261 e. The lowest BCUT2D eigenvalue weighted by atomic mass is 10.0. The van der Waals surface area contributed by atoms with Gasteiger partial charge in [0.2, 0.25) is 0 Å². The number of hydrogen-bond donors (Lipinski definition) is 0. The number of aliphatic imine (C=N–C) groups is 1. The van der Waals surface area contributed by atoms with Crippen molar-refractivity contribution in [1.82, 2.24) is 0 Å². The third-order valence-electron chi connectivity index (χ3n) is 2.27. The van der Waals surface area contributed by atoms with E-state index in [0.29, 0.717) is 0 Å². The van der Waals surface area contributed by atoms with Gasteiger partial charge in [0.15, 0.2) is 0 Å². The lowest BCUT2D eigenvalue weighted by Gasteiger charge is -2.07. The molecule has 0 fully saturated rings. The van der Waals surface area contributed by atoms with Crippen molar-refractivity contribution in [3.8, 4) is 0 Å². The van der Waals surface area contributed by atoms with E-state index >= 15 is 0 Å². The molecule has 0 unspecified atom stereocenters. The fraction of sp³-hybridized carbons (Fsp3) is 0.250. The van der Waals surface area contributed by atoms with Crippen LogP contribution in [0.2, 0.25) is 0 Å². The molecule has 13 heavy (non-hydrogen) atoms. The van der Waals surface area contributed by atoms with Gasteiger partial charge in [0.25, 0.3) is 0 Å². The number of hydrogen-bond acceptors (Lipinski definition) is 1. The van der Waals surface area contributed by atoms with Crippen LogP contribution in [0, 0.1) is 6.92 Å². The van der Waals surface area contributed by atoms with E-state index in [9.17, 15) is 0 Å². The monoisotopic (exact) mass is 171 g/mol. The van der Waals surface area contributed by atoms with Gasteiger partial charge < -0.3 is 0 Å². The summed E-state index contributed by atoms with van der Waals surface area (Å²) in [6.07, 6.45) is 6.20. The molecule has 0 N–H and O–H groups in total. The number of aryl methyl sites for hydroxylation is 1. The minimum absolute atomic E-state index is 1.07. The molecule has 0 atom stereocenters. The average molecular weight is 171 g/mol. The van der Waals surface area contributed by atoms with E-state index in [1.165, 1.54) is 16.8 Å². The minimum Gasteiger partial charge on any atom is -0.261 e. The van der Waals surface area contributed by atoms with E-state index in [1.807, 2.05) is 6.20 Å². The fourth-order valence-corrected chi connectivity index (χ4v) is 1.47. The Morgan fingerprint density at radius 3 is 2.54 bits per heavy atom. The molecule has 1 aliphatic rings. The number of nitrogens with zero attached hydrogens (tertiary/aromatic N) is 1. The second-order valence-electron chi connectivity index (χ2n) is 3.37. The molecule has 0 aromatic heterocycles. The summed E-state index contributed by atoms with van der Waals surface area (Å²) < 4.78 is 0. The predicted octanol–water partition coefficient (Wildman–Crippen LogP) is 3.09. The lowest BCUT2D eigenvalue weighted by Crippen LogP contribution is -2.01. The van der Waals surface area contributed by atoms with Gasteiger partial charge >= 0.3 is 0 Å². The van der Waals surface area contributed by atoms with Gasteiger partial charge in [-0.2, -0.15) is 0 Å². The first-order valence-electron chi connectivity index (χ1n) is 4.65. The Hall–Kier alpha value is -1.37. The Balaban J connectivity index is 2.30. The predicted molar refractivity (Wildman–Crippen MR) is 56.1 cm³/mol. The van der Waals surface area contributed by atoms with Gasteiger partial charge in [0.1, 0.15) is 0 Å². The van der Waals surface area contributed by atoms with E-state index in [1.54, 1.807) is 0 Å². The quantitative estimate of drug-likeness (QED) is 0.615. The maximum absolute atomic E-state index is 4.37. The van der Waals surface area contributed by atoms with Gasteiger partial charge in [-0.05, 0) is 25.3 Å². The summed E-state index contributed by atoms with van der Waals surface area (Å²) in [5.41, 5.74) is 3.77. The molecule has 0 aliphatic carbocycles. The zero-order chi connectivity index (χ0) is 9.10. The molecule has 0 saturated heterocycles. The first-order chi connectivity index (χ1) is 6.36. The minimum atomic E-state index is 1.07. The van der Waals surface area contributed by atoms with Gasteiger partial charge in [-0.3, -0.25) is 4.99 Å². The standard InChI is InChI=1S/C12H13N/c1-10-5-7-11(8-6-10)12-4-2-3-9-13-12/h3,5-9H,2,4H2,1H3. The molecule has 1 aromatic rings. The molecule has 0 spiro atoms. The summed E-state index contributed by atoms with van der Waals surface area (Å²) in [7, 11) is 0. The third-order valence-corrected chi connectivity index (χ3v) is 2.27. The first-order valence-corrected chi connectivity index (χ1v) is 4.65. The molecule has 1 aliphatic heterocycles. The molecule has 0 saturated carbocycles. The van der Waals surface area contributed by atoms with Crippen molar-refractivity contribution in [1.29, 1.82) is 0 Å². The van der Waals surface area contributed by atoms with Crippen LogP contribution < -0.4 is 0 Å². The van der Waals surface area contributed by atoms with Crippen LogP contribution in [0.4, 0.5) is 0 Å². The van der Waals surface area contributed by atoms with Crippen LogP contribution in [0.5, 0.6) is 0 Å². The maximum atomic E-state index is 4.37. The highest BCUT2D eigenvalue weighted by molar-refractivity contribution is 6.01. The molecule has 0 bridgehead atoms. The smallest absolute Gasteiger partial charge is 0.0478 e. The number of rotatable bonds is 1. The second-order valence-corrected chi connectivity index (χ2v) is 3.37. The highest BCUT2D eigenvalue weighted by Crippen LogP contribution is 2.12. The Morgan fingerprint density at radius 2 is 1.92 bits per heavy atom. The molecule has 1 nitrogen and oxygen atoms in total. The maximum Gasteiger partial charge on any atom is 0.0478 e.